The highest BCUT2D eigenvalue weighted by Gasteiger charge is 2.29. The fourth-order valence-corrected chi connectivity index (χ4v) is 2.49. The van der Waals surface area contributed by atoms with Crippen LogP contribution >= 0.6 is 0 Å². The van der Waals surface area contributed by atoms with E-state index in [4.69, 9.17) is 4.74 Å². The monoisotopic (exact) mass is 360 g/mol. The molecule has 0 bridgehead atoms. The molecule has 1 fully saturated rings. The van der Waals surface area contributed by atoms with Crippen molar-refractivity contribution in [3.05, 3.63) is 29.8 Å². The summed E-state index contributed by atoms with van der Waals surface area (Å²) in [7, 11) is 1.70. The summed E-state index contributed by atoms with van der Waals surface area (Å²) in [6, 6.07) is 6.94. The lowest BCUT2D eigenvalue weighted by Crippen LogP contribution is -2.29. The molecular formula is C20H28N2O4. The first-order valence-electron chi connectivity index (χ1n) is 9.04. The Hall–Kier alpha value is -2.37. The number of hydrogen-bond acceptors (Lipinski definition) is 4. The number of carbonyl (C=O) groups is 3. The van der Waals surface area contributed by atoms with Crippen molar-refractivity contribution in [2.45, 2.75) is 52.1 Å². The summed E-state index contributed by atoms with van der Waals surface area (Å²) in [5.41, 5.74) is 0.651. The zero-order valence-corrected chi connectivity index (χ0v) is 16.0. The smallest absolute Gasteiger partial charge is 0.306 e. The van der Waals surface area contributed by atoms with Gasteiger partial charge in [-0.05, 0) is 58.2 Å². The van der Waals surface area contributed by atoms with Crippen molar-refractivity contribution in [3.8, 4) is 0 Å². The minimum Gasteiger partial charge on any atom is -0.460 e. The van der Waals surface area contributed by atoms with E-state index < -0.39 is 5.60 Å². The van der Waals surface area contributed by atoms with E-state index in [1.54, 1.807) is 36.2 Å². The Kier molecular flexibility index (Phi) is 6.40. The van der Waals surface area contributed by atoms with E-state index >= 15 is 0 Å². The predicted octanol–water partition coefficient (Wildman–Crippen LogP) is 3.23. The molecule has 0 saturated heterocycles. The van der Waals surface area contributed by atoms with E-state index in [0.29, 0.717) is 24.2 Å². The first kappa shape index (κ1) is 19.9. The zero-order valence-electron chi connectivity index (χ0n) is 16.0. The lowest BCUT2D eigenvalue weighted by molar-refractivity contribution is -0.155. The minimum atomic E-state index is -0.496. The summed E-state index contributed by atoms with van der Waals surface area (Å²) < 4.78 is 5.26. The van der Waals surface area contributed by atoms with Gasteiger partial charge in [0, 0.05) is 37.2 Å². The average molecular weight is 360 g/mol. The minimum absolute atomic E-state index is 0.0142. The molecule has 0 radical (unpaired) electrons. The standard InChI is InChI=1S/C20H28N2O4/c1-20(2,3)26-17(23)9-6-12-22(4)19(25)15-7-5-8-16(13-15)21-18(24)14-10-11-14/h5,7-8,13-14H,6,9-12H2,1-4H3,(H,21,24). The lowest BCUT2D eigenvalue weighted by atomic mass is 10.1. The van der Waals surface area contributed by atoms with Crippen LogP contribution in [0.4, 0.5) is 5.69 Å². The summed E-state index contributed by atoms with van der Waals surface area (Å²) in [5, 5.41) is 2.85. The molecule has 0 aliphatic heterocycles. The Bertz CT molecular complexity index is 675. The molecule has 0 heterocycles. The van der Waals surface area contributed by atoms with E-state index in [9.17, 15) is 14.4 Å². The molecule has 0 spiro atoms. The maximum absolute atomic E-state index is 12.5. The summed E-state index contributed by atoms with van der Waals surface area (Å²) in [6.45, 7) is 5.94. The van der Waals surface area contributed by atoms with E-state index in [-0.39, 0.29) is 30.1 Å². The van der Waals surface area contributed by atoms with Crippen molar-refractivity contribution in [1.82, 2.24) is 4.90 Å². The van der Waals surface area contributed by atoms with Crippen LogP contribution in [0, 0.1) is 5.92 Å². The molecule has 1 aromatic rings. The zero-order chi connectivity index (χ0) is 19.3. The normalized spacial score (nSPS) is 13.8. The number of esters is 1. The van der Waals surface area contributed by atoms with Crippen molar-refractivity contribution in [1.29, 1.82) is 0 Å². The summed E-state index contributed by atoms with van der Waals surface area (Å²) >= 11 is 0. The number of amides is 2. The fourth-order valence-electron chi connectivity index (χ4n) is 2.49. The van der Waals surface area contributed by atoms with Gasteiger partial charge in [0.25, 0.3) is 5.91 Å². The van der Waals surface area contributed by atoms with Crippen LogP contribution in [0.5, 0.6) is 0 Å². The van der Waals surface area contributed by atoms with Gasteiger partial charge in [-0.25, -0.2) is 0 Å². The van der Waals surface area contributed by atoms with E-state index in [1.807, 2.05) is 20.8 Å². The Labute approximate surface area is 154 Å². The number of anilines is 1. The highest BCUT2D eigenvalue weighted by molar-refractivity contribution is 5.98. The Morgan fingerprint density at radius 2 is 1.92 bits per heavy atom. The second-order valence-electron chi connectivity index (χ2n) is 7.76. The van der Waals surface area contributed by atoms with Gasteiger partial charge < -0.3 is 15.0 Å². The maximum Gasteiger partial charge on any atom is 0.306 e. The molecule has 1 aromatic carbocycles. The Balaban J connectivity index is 1.83. The maximum atomic E-state index is 12.5. The lowest BCUT2D eigenvalue weighted by Gasteiger charge is -2.20. The molecule has 1 N–H and O–H groups in total. The summed E-state index contributed by atoms with van der Waals surface area (Å²) in [5.74, 6) is -0.273. The molecule has 0 atom stereocenters. The summed E-state index contributed by atoms with van der Waals surface area (Å²) in [6.07, 6.45) is 2.68. The SMILES string of the molecule is CN(CCCC(=O)OC(C)(C)C)C(=O)c1cccc(NC(=O)C2CC2)c1. The quantitative estimate of drug-likeness (QED) is 0.758. The van der Waals surface area contributed by atoms with E-state index in [2.05, 4.69) is 5.32 Å². The molecule has 1 aliphatic rings. The number of hydrogen-bond donors (Lipinski definition) is 1. The third-order valence-corrected chi connectivity index (χ3v) is 3.97. The number of rotatable bonds is 7. The highest BCUT2D eigenvalue weighted by atomic mass is 16.6. The molecule has 0 aromatic heterocycles. The van der Waals surface area contributed by atoms with Gasteiger partial charge in [0.1, 0.15) is 5.60 Å². The van der Waals surface area contributed by atoms with Crippen LogP contribution in [0.2, 0.25) is 0 Å². The molecular weight excluding hydrogens is 332 g/mol. The van der Waals surface area contributed by atoms with Crippen LogP contribution in [0.3, 0.4) is 0 Å². The van der Waals surface area contributed by atoms with Crippen LogP contribution < -0.4 is 5.32 Å². The molecule has 2 rings (SSSR count). The van der Waals surface area contributed by atoms with Crippen LogP contribution in [-0.2, 0) is 14.3 Å². The third-order valence-electron chi connectivity index (χ3n) is 3.97. The molecule has 1 saturated carbocycles. The van der Waals surface area contributed by atoms with E-state index in [1.165, 1.54) is 0 Å². The molecule has 1 aliphatic carbocycles. The largest absolute Gasteiger partial charge is 0.460 e. The highest BCUT2D eigenvalue weighted by Crippen LogP contribution is 2.30. The van der Waals surface area contributed by atoms with Crippen molar-refractivity contribution < 1.29 is 19.1 Å². The molecule has 26 heavy (non-hydrogen) atoms. The van der Waals surface area contributed by atoms with Gasteiger partial charge in [0.05, 0.1) is 0 Å². The topological polar surface area (TPSA) is 75.7 Å². The second kappa shape index (κ2) is 8.34. The van der Waals surface area contributed by atoms with Crippen LogP contribution in [0.15, 0.2) is 24.3 Å². The first-order valence-corrected chi connectivity index (χ1v) is 9.04. The third kappa shape index (κ3) is 6.50. The van der Waals surface area contributed by atoms with Gasteiger partial charge in [0.2, 0.25) is 5.91 Å². The van der Waals surface area contributed by atoms with Crippen LogP contribution in [-0.4, -0.2) is 41.9 Å². The average Bonchev–Trinajstić information content (AvgIpc) is 3.37. The van der Waals surface area contributed by atoms with Gasteiger partial charge >= 0.3 is 5.97 Å². The van der Waals surface area contributed by atoms with Crippen molar-refractivity contribution in [3.63, 3.8) is 0 Å². The van der Waals surface area contributed by atoms with Gasteiger partial charge in [-0.1, -0.05) is 6.07 Å². The molecule has 2 amide bonds. The predicted molar refractivity (Wildman–Crippen MR) is 99.8 cm³/mol. The second-order valence-corrected chi connectivity index (χ2v) is 7.76. The summed E-state index contributed by atoms with van der Waals surface area (Å²) in [4.78, 5) is 37.7. The Morgan fingerprint density at radius 3 is 2.54 bits per heavy atom. The number of ether oxygens (including phenoxy) is 1. The number of nitrogens with one attached hydrogen (secondary N) is 1. The van der Waals surface area contributed by atoms with Crippen molar-refractivity contribution in [2.75, 3.05) is 18.9 Å². The number of nitrogens with zero attached hydrogens (tertiary/aromatic N) is 1. The van der Waals surface area contributed by atoms with Gasteiger partial charge in [-0.2, -0.15) is 0 Å². The van der Waals surface area contributed by atoms with Gasteiger partial charge in [-0.15, -0.1) is 0 Å². The fraction of sp³-hybridized carbons (Fsp3) is 0.550. The number of benzene rings is 1. The molecule has 6 nitrogen and oxygen atoms in total. The van der Waals surface area contributed by atoms with Crippen LogP contribution in [0.25, 0.3) is 0 Å². The van der Waals surface area contributed by atoms with Crippen molar-refractivity contribution in [2.24, 2.45) is 5.92 Å². The molecule has 142 valence electrons. The first-order chi connectivity index (χ1) is 12.2. The van der Waals surface area contributed by atoms with Gasteiger partial charge in [-0.3, -0.25) is 14.4 Å². The molecule has 0 unspecified atom stereocenters. The Morgan fingerprint density at radius 1 is 1.23 bits per heavy atom. The van der Waals surface area contributed by atoms with E-state index in [0.717, 1.165) is 12.8 Å². The van der Waals surface area contributed by atoms with Gasteiger partial charge in [0.15, 0.2) is 0 Å². The van der Waals surface area contributed by atoms with Crippen molar-refractivity contribution >= 4 is 23.5 Å². The van der Waals surface area contributed by atoms with Crippen LogP contribution in [0.1, 0.15) is 56.8 Å². The molecule has 6 heteroatoms. The number of carbonyl (C=O) groups excluding carboxylic acids is 3.